The summed E-state index contributed by atoms with van der Waals surface area (Å²) in [5.41, 5.74) is 14.6. The number of aryl methyl sites for hydroxylation is 3. The number of aromatic nitrogens is 7. The van der Waals surface area contributed by atoms with Crippen molar-refractivity contribution in [3.8, 4) is 22.9 Å². The fourth-order valence-electron chi connectivity index (χ4n) is 6.20. The Balaban J connectivity index is 1.18. The number of nitrogens with two attached hydrogens (primary N) is 1. The van der Waals surface area contributed by atoms with Crippen molar-refractivity contribution < 1.29 is 4.79 Å². The summed E-state index contributed by atoms with van der Waals surface area (Å²) < 4.78 is 3.75. The van der Waals surface area contributed by atoms with E-state index in [1.54, 1.807) is 23.3 Å². The van der Waals surface area contributed by atoms with Crippen LogP contribution in [0.5, 0.6) is 0 Å². The molecule has 0 unspecified atom stereocenters. The number of hydrogen-bond acceptors (Lipinski definition) is 7. The van der Waals surface area contributed by atoms with Crippen LogP contribution in [0.3, 0.4) is 0 Å². The topological polar surface area (TPSA) is 129 Å². The first-order chi connectivity index (χ1) is 20.6. The lowest BCUT2D eigenvalue weighted by Gasteiger charge is -2.16. The fraction of sp³-hybridized carbons (Fsp3) is 0.188. The number of nitrogens with zero attached hydrogens (tertiary/aromatic N) is 7. The van der Waals surface area contributed by atoms with Gasteiger partial charge in [-0.05, 0) is 97.3 Å². The predicted molar refractivity (Wildman–Crippen MR) is 158 cm³/mol. The van der Waals surface area contributed by atoms with Crippen LogP contribution in [-0.4, -0.2) is 40.2 Å². The molecule has 1 atom stereocenters. The van der Waals surface area contributed by atoms with Crippen molar-refractivity contribution in [3.63, 3.8) is 0 Å². The molecule has 1 aromatic carbocycles. The number of imidazole rings is 1. The van der Waals surface area contributed by atoms with E-state index in [9.17, 15) is 4.79 Å². The number of hydrogen-bond donors (Lipinski definition) is 2. The number of anilines is 1. The Labute approximate surface area is 241 Å². The molecule has 10 heteroatoms. The number of rotatable bonds is 5. The number of fused-ring (bicyclic) bond motifs is 3. The molecule has 5 heterocycles. The highest BCUT2D eigenvalue weighted by Crippen LogP contribution is 2.36. The first-order valence-corrected chi connectivity index (χ1v) is 14.1. The lowest BCUT2D eigenvalue weighted by molar-refractivity contribution is 0.0936. The normalized spacial score (nSPS) is 15.6. The van der Waals surface area contributed by atoms with E-state index in [0.29, 0.717) is 28.7 Å². The number of nitrogens with one attached hydrogen (secondary N) is 1. The van der Waals surface area contributed by atoms with Crippen molar-refractivity contribution in [1.29, 1.82) is 0 Å². The smallest absolute Gasteiger partial charge is 0.253 e. The standard InChI is InChI=1S/C32H27N9O/c33-29-24(5-2-13-34-29)30-37-27-11-12-28(40-15-3-14-36-40)39-31(27)41(30)22-8-9-23-19(17-22)7-10-26(23)38-32(42)21-16-20-4-1-6-25(20)35-18-21/h2-3,5,8-9,11-18,26H,1,4,6-7,10H2,(H2,33,34)(H,38,42)/t26-/m0/s1. The van der Waals surface area contributed by atoms with Gasteiger partial charge in [0.2, 0.25) is 0 Å². The van der Waals surface area contributed by atoms with E-state index in [-0.39, 0.29) is 11.9 Å². The number of carbonyl (C=O) groups excluding carboxylic acids is 1. The second kappa shape index (κ2) is 9.62. The molecule has 6 aromatic rings. The molecule has 0 saturated heterocycles. The van der Waals surface area contributed by atoms with E-state index < -0.39 is 0 Å². The van der Waals surface area contributed by atoms with Crippen LogP contribution in [-0.2, 0) is 19.3 Å². The molecule has 2 aliphatic rings. The van der Waals surface area contributed by atoms with Crippen molar-refractivity contribution in [2.75, 3.05) is 5.73 Å². The van der Waals surface area contributed by atoms with Crippen molar-refractivity contribution >= 4 is 22.9 Å². The molecule has 42 heavy (non-hydrogen) atoms. The molecular formula is C32H27N9O. The van der Waals surface area contributed by atoms with Gasteiger partial charge >= 0.3 is 0 Å². The van der Waals surface area contributed by atoms with Crippen LogP contribution in [0.1, 0.15) is 51.6 Å². The maximum absolute atomic E-state index is 13.2. The van der Waals surface area contributed by atoms with Crippen LogP contribution >= 0.6 is 0 Å². The summed E-state index contributed by atoms with van der Waals surface area (Å²) in [4.78, 5) is 31.9. The molecule has 0 spiro atoms. The molecular weight excluding hydrogens is 526 g/mol. The molecule has 0 aliphatic heterocycles. The maximum Gasteiger partial charge on any atom is 0.253 e. The van der Waals surface area contributed by atoms with E-state index in [4.69, 9.17) is 15.7 Å². The maximum atomic E-state index is 13.2. The van der Waals surface area contributed by atoms with Gasteiger partial charge in [-0.2, -0.15) is 5.10 Å². The van der Waals surface area contributed by atoms with Crippen molar-refractivity contribution in [2.45, 2.75) is 38.1 Å². The molecule has 3 N–H and O–H groups in total. The fourth-order valence-corrected chi connectivity index (χ4v) is 6.20. The van der Waals surface area contributed by atoms with Crippen LogP contribution in [0.25, 0.3) is 34.1 Å². The monoisotopic (exact) mass is 553 g/mol. The SMILES string of the molecule is Nc1ncccc1-c1nc2ccc(-n3cccn3)nc2n1-c1ccc2c(c1)CC[C@@H]2NC(=O)c1cnc2c(c1)CCC2. The Morgan fingerprint density at radius 1 is 0.952 bits per heavy atom. The van der Waals surface area contributed by atoms with Gasteiger partial charge in [-0.15, -0.1) is 0 Å². The van der Waals surface area contributed by atoms with Crippen molar-refractivity contribution in [3.05, 3.63) is 107 Å². The number of pyridine rings is 3. The van der Waals surface area contributed by atoms with Crippen LogP contribution in [0.4, 0.5) is 5.82 Å². The second-order valence-electron chi connectivity index (χ2n) is 10.8. The lowest BCUT2D eigenvalue weighted by Crippen LogP contribution is -2.27. The van der Waals surface area contributed by atoms with Crippen molar-refractivity contribution in [2.24, 2.45) is 0 Å². The summed E-state index contributed by atoms with van der Waals surface area (Å²) in [6.07, 6.45) is 11.7. The Morgan fingerprint density at radius 3 is 2.79 bits per heavy atom. The number of nitrogen functional groups attached to an aromatic ring is 1. The Hall–Kier alpha value is -5.38. The van der Waals surface area contributed by atoms with E-state index in [1.165, 1.54) is 11.1 Å². The van der Waals surface area contributed by atoms with Gasteiger partial charge < -0.3 is 11.1 Å². The van der Waals surface area contributed by atoms with Crippen LogP contribution < -0.4 is 11.1 Å². The van der Waals surface area contributed by atoms with Gasteiger partial charge in [-0.3, -0.25) is 14.3 Å². The highest BCUT2D eigenvalue weighted by atomic mass is 16.1. The van der Waals surface area contributed by atoms with E-state index in [1.807, 2.05) is 47.2 Å². The summed E-state index contributed by atoms with van der Waals surface area (Å²) in [5.74, 6) is 1.66. The third kappa shape index (κ3) is 4.02. The van der Waals surface area contributed by atoms with Gasteiger partial charge in [-0.1, -0.05) is 6.07 Å². The molecule has 206 valence electrons. The largest absolute Gasteiger partial charge is 0.383 e. The summed E-state index contributed by atoms with van der Waals surface area (Å²) in [6.45, 7) is 0. The molecule has 0 fully saturated rings. The summed E-state index contributed by atoms with van der Waals surface area (Å²) in [5, 5.41) is 7.60. The van der Waals surface area contributed by atoms with Crippen LogP contribution in [0.2, 0.25) is 0 Å². The zero-order valence-electron chi connectivity index (χ0n) is 22.7. The van der Waals surface area contributed by atoms with E-state index >= 15 is 0 Å². The Morgan fingerprint density at radius 2 is 1.90 bits per heavy atom. The average molecular weight is 554 g/mol. The van der Waals surface area contributed by atoms with E-state index in [0.717, 1.165) is 60.1 Å². The summed E-state index contributed by atoms with van der Waals surface area (Å²) in [7, 11) is 0. The van der Waals surface area contributed by atoms with Gasteiger partial charge in [-0.25, -0.2) is 19.6 Å². The minimum atomic E-state index is -0.0792. The van der Waals surface area contributed by atoms with Gasteiger partial charge in [0, 0.05) is 36.2 Å². The molecule has 8 rings (SSSR count). The lowest BCUT2D eigenvalue weighted by atomic mass is 10.1. The van der Waals surface area contributed by atoms with Gasteiger partial charge in [0.15, 0.2) is 17.3 Å². The minimum Gasteiger partial charge on any atom is -0.383 e. The highest BCUT2D eigenvalue weighted by Gasteiger charge is 2.27. The van der Waals surface area contributed by atoms with Crippen LogP contribution in [0.15, 0.2) is 79.4 Å². The molecule has 0 radical (unpaired) electrons. The van der Waals surface area contributed by atoms with Gasteiger partial charge in [0.1, 0.15) is 11.3 Å². The molecule has 1 amide bonds. The first kappa shape index (κ1) is 24.4. The third-order valence-corrected chi connectivity index (χ3v) is 8.26. The Bertz CT molecular complexity index is 1990. The average Bonchev–Trinajstić information content (AvgIpc) is 3.83. The molecule has 0 saturated carbocycles. The number of amides is 1. The molecule has 10 nitrogen and oxygen atoms in total. The summed E-state index contributed by atoms with van der Waals surface area (Å²) in [6, 6.07) is 17.7. The van der Waals surface area contributed by atoms with Crippen molar-refractivity contribution in [1.82, 2.24) is 39.6 Å². The van der Waals surface area contributed by atoms with E-state index in [2.05, 4.69) is 38.6 Å². The minimum absolute atomic E-state index is 0.0627. The second-order valence-corrected chi connectivity index (χ2v) is 10.8. The quantitative estimate of drug-likeness (QED) is 0.320. The molecule has 0 bridgehead atoms. The number of carbonyl (C=O) groups is 1. The third-order valence-electron chi connectivity index (χ3n) is 8.26. The number of benzene rings is 1. The predicted octanol–water partition coefficient (Wildman–Crippen LogP) is 4.55. The van der Waals surface area contributed by atoms with Gasteiger partial charge in [0.25, 0.3) is 5.91 Å². The van der Waals surface area contributed by atoms with Gasteiger partial charge in [0.05, 0.1) is 17.2 Å². The molecule has 5 aromatic heterocycles. The molecule has 2 aliphatic carbocycles. The first-order valence-electron chi connectivity index (χ1n) is 14.1. The van der Waals surface area contributed by atoms with Crippen LogP contribution in [0, 0.1) is 0 Å². The summed E-state index contributed by atoms with van der Waals surface area (Å²) >= 11 is 0. The highest BCUT2D eigenvalue weighted by molar-refractivity contribution is 5.94. The zero-order valence-corrected chi connectivity index (χ0v) is 22.7. The zero-order chi connectivity index (χ0) is 28.2. The Kier molecular flexibility index (Phi) is 5.59.